The number of rotatable bonds is 3. The molecular weight excluding hydrogens is 246 g/mol. The molecule has 0 radical (unpaired) electrons. The van der Waals surface area contributed by atoms with Gasteiger partial charge in [0.1, 0.15) is 5.38 Å². The minimum Gasteiger partial charge on any atom is -0.352 e. The van der Waals surface area contributed by atoms with E-state index in [2.05, 4.69) is 5.32 Å². The minimum absolute atomic E-state index is 0.0918. The molecule has 2 nitrogen and oxygen atoms in total. The molecule has 0 saturated heterocycles. The van der Waals surface area contributed by atoms with Crippen LogP contribution >= 0.6 is 11.6 Å². The van der Waals surface area contributed by atoms with E-state index in [9.17, 15) is 4.79 Å². The van der Waals surface area contributed by atoms with E-state index in [-0.39, 0.29) is 11.3 Å². The van der Waals surface area contributed by atoms with Gasteiger partial charge in [0.05, 0.1) is 0 Å². The van der Waals surface area contributed by atoms with Crippen molar-refractivity contribution in [3.05, 3.63) is 0 Å². The molecule has 2 rings (SSSR count). The average molecular weight is 272 g/mol. The lowest BCUT2D eigenvalue weighted by Crippen LogP contribution is -2.41. The van der Waals surface area contributed by atoms with Gasteiger partial charge in [0.2, 0.25) is 5.91 Å². The lowest BCUT2D eigenvalue weighted by atomic mass is 9.88. The molecule has 1 atom stereocenters. The molecule has 2 aliphatic carbocycles. The van der Waals surface area contributed by atoms with Crippen molar-refractivity contribution >= 4 is 17.5 Å². The van der Waals surface area contributed by atoms with Gasteiger partial charge >= 0.3 is 0 Å². The van der Waals surface area contributed by atoms with E-state index >= 15 is 0 Å². The number of hydrogen-bond donors (Lipinski definition) is 1. The topological polar surface area (TPSA) is 29.1 Å². The first-order chi connectivity index (χ1) is 8.77. The monoisotopic (exact) mass is 271 g/mol. The molecule has 0 spiro atoms. The van der Waals surface area contributed by atoms with Gasteiger partial charge in [-0.3, -0.25) is 4.79 Å². The van der Waals surface area contributed by atoms with Crippen LogP contribution in [-0.4, -0.2) is 17.3 Å². The number of halogens is 1. The van der Waals surface area contributed by atoms with E-state index in [0.29, 0.717) is 12.0 Å². The molecule has 1 unspecified atom stereocenters. The van der Waals surface area contributed by atoms with Crippen molar-refractivity contribution in [2.75, 3.05) is 0 Å². The van der Waals surface area contributed by atoms with Crippen LogP contribution < -0.4 is 5.32 Å². The standard InChI is InChI=1S/C15H26ClNO/c16-14(12-8-4-2-1-3-5-9-12)15(18)17-13-10-6-7-11-13/h12-14H,1-11H2,(H,17,18). The molecule has 3 heteroatoms. The Morgan fingerprint density at radius 1 is 0.889 bits per heavy atom. The van der Waals surface area contributed by atoms with Crippen molar-refractivity contribution in [3.63, 3.8) is 0 Å². The summed E-state index contributed by atoms with van der Waals surface area (Å²) in [4.78, 5) is 12.2. The molecule has 2 aliphatic rings. The molecule has 0 heterocycles. The van der Waals surface area contributed by atoms with Crippen LogP contribution in [0.3, 0.4) is 0 Å². The van der Waals surface area contributed by atoms with Gasteiger partial charge in [0.25, 0.3) is 0 Å². The van der Waals surface area contributed by atoms with Crippen LogP contribution in [0.5, 0.6) is 0 Å². The highest BCUT2D eigenvalue weighted by Crippen LogP contribution is 2.28. The maximum absolute atomic E-state index is 12.2. The number of carbonyl (C=O) groups is 1. The van der Waals surface area contributed by atoms with Crippen molar-refractivity contribution < 1.29 is 4.79 Å². The lowest BCUT2D eigenvalue weighted by Gasteiger charge is -2.25. The molecule has 0 bridgehead atoms. The molecule has 0 aromatic heterocycles. The summed E-state index contributed by atoms with van der Waals surface area (Å²) < 4.78 is 0. The predicted molar refractivity (Wildman–Crippen MR) is 75.8 cm³/mol. The van der Waals surface area contributed by atoms with Crippen molar-refractivity contribution in [1.29, 1.82) is 0 Å². The fourth-order valence-electron chi connectivity index (χ4n) is 3.35. The van der Waals surface area contributed by atoms with Crippen molar-refractivity contribution in [1.82, 2.24) is 5.32 Å². The number of amides is 1. The molecule has 1 N–H and O–H groups in total. The summed E-state index contributed by atoms with van der Waals surface area (Å²) in [7, 11) is 0. The highest BCUT2D eigenvalue weighted by atomic mass is 35.5. The Balaban J connectivity index is 1.79. The van der Waals surface area contributed by atoms with E-state index in [4.69, 9.17) is 11.6 Å². The van der Waals surface area contributed by atoms with Crippen molar-refractivity contribution in [2.24, 2.45) is 5.92 Å². The maximum atomic E-state index is 12.2. The number of carbonyl (C=O) groups excluding carboxylic acids is 1. The summed E-state index contributed by atoms with van der Waals surface area (Å²) in [6.07, 6.45) is 13.5. The van der Waals surface area contributed by atoms with Gasteiger partial charge in [-0.2, -0.15) is 0 Å². The fraction of sp³-hybridized carbons (Fsp3) is 0.933. The first-order valence-electron chi connectivity index (χ1n) is 7.72. The molecule has 0 aliphatic heterocycles. The van der Waals surface area contributed by atoms with Gasteiger partial charge in [-0.25, -0.2) is 0 Å². The van der Waals surface area contributed by atoms with Gasteiger partial charge in [-0.05, 0) is 31.6 Å². The molecule has 2 fully saturated rings. The SMILES string of the molecule is O=C(NC1CCCC1)C(Cl)C1CCCCCCC1. The zero-order chi connectivity index (χ0) is 12.8. The van der Waals surface area contributed by atoms with Crippen LogP contribution in [0.2, 0.25) is 0 Å². The summed E-state index contributed by atoms with van der Waals surface area (Å²) in [5.41, 5.74) is 0. The molecule has 1 amide bonds. The van der Waals surface area contributed by atoms with Crippen LogP contribution in [0.4, 0.5) is 0 Å². The molecule has 2 saturated carbocycles. The lowest BCUT2D eigenvalue weighted by molar-refractivity contribution is -0.122. The zero-order valence-corrected chi connectivity index (χ0v) is 12.1. The highest BCUT2D eigenvalue weighted by molar-refractivity contribution is 6.31. The van der Waals surface area contributed by atoms with E-state index in [1.165, 1.54) is 44.9 Å². The first-order valence-corrected chi connectivity index (χ1v) is 8.15. The second kappa shape index (κ2) is 7.37. The van der Waals surface area contributed by atoms with Gasteiger partial charge < -0.3 is 5.32 Å². The van der Waals surface area contributed by atoms with Crippen molar-refractivity contribution in [2.45, 2.75) is 82.0 Å². The Kier molecular flexibility index (Phi) is 5.81. The number of hydrogen-bond acceptors (Lipinski definition) is 1. The van der Waals surface area contributed by atoms with Crippen LogP contribution in [0, 0.1) is 5.92 Å². The minimum atomic E-state index is -0.302. The first kappa shape index (κ1) is 14.2. The Morgan fingerprint density at radius 2 is 1.39 bits per heavy atom. The van der Waals surface area contributed by atoms with Crippen LogP contribution in [-0.2, 0) is 4.79 Å². The number of alkyl halides is 1. The molecule has 18 heavy (non-hydrogen) atoms. The quantitative estimate of drug-likeness (QED) is 0.772. The number of nitrogens with one attached hydrogen (secondary N) is 1. The third kappa shape index (κ3) is 4.15. The Bertz CT molecular complexity index is 255. The Labute approximate surface area is 116 Å². The molecule has 0 aromatic carbocycles. The van der Waals surface area contributed by atoms with Gasteiger partial charge in [-0.1, -0.05) is 44.9 Å². The van der Waals surface area contributed by atoms with Crippen molar-refractivity contribution in [3.8, 4) is 0 Å². The summed E-state index contributed by atoms with van der Waals surface area (Å²) in [6.45, 7) is 0. The highest BCUT2D eigenvalue weighted by Gasteiger charge is 2.28. The van der Waals surface area contributed by atoms with Crippen LogP contribution in [0.25, 0.3) is 0 Å². The van der Waals surface area contributed by atoms with E-state index in [1.54, 1.807) is 0 Å². The fourth-order valence-corrected chi connectivity index (χ4v) is 3.66. The zero-order valence-electron chi connectivity index (χ0n) is 11.3. The summed E-state index contributed by atoms with van der Waals surface area (Å²) in [5.74, 6) is 0.488. The molecule has 104 valence electrons. The van der Waals surface area contributed by atoms with E-state index in [1.807, 2.05) is 0 Å². The third-order valence-corrected chi connectivity index (χ3v) is 5.07. The van der Waals surface area contributed by atoms with Crippen LogP contribution in [0.15, 0.2) is 0 Å². The summed E-state index contributed by atoms with van der Waals surface area (Å²) in [5, 5.41) is 2.84. The smallest absolute Gasteiger partial charge is 0.238 e. The molecule has 0 aromatic rings. The predicted octanol–water partition coefficient (Wildman–Crippen LogP) is 4.01. The Morgan fingerprint density at radius 3 is 2.00 bits per heavy atom. The maximum Gasteiger partial charge on any atom is 0.238 e. The third-order valence-electron chi connectivity index (χ3n) is 4.52. The molecular formula is C15H26ClNO. The van der Waals surface area contributed by atoms with Crippen LogP contribution in [0.1, 0.15) is 70.6 Å². The normalized spacial score (nSPS) is 25.4. The second-order valence-electron chi connectivity index (χ2n) is 6.00. The van der Waals surface area contributed by atoms with E-state index < -0.39 is 0 Å². The van der Waals surface area contributed by atoms with E-state index in [0.717, 1.165) is 25.7 Å². The average Bonchev–Trinajstić information content (AvgIpc) is 2.80. The van der Waals surface area contributed by atoms with Gasteiger partial charge in [-0.15, -0.1) is 11.6 Å². The second-order valence-corrected chi connectivity index (χ2v) is 6.47. The summed E-state index contributed by atoms with van der Waals surface area (Å²) >= 11 is 6.40. The Hall–Kier alpha value is -0.240. The van der Waals surface area contributed by atoms with Gasteiger partial charge in [0.15, 0.2) is 0 Å². The summed E-state index contributed by atoms with van der Waals surface area (Å²) in [6, 6.07) is 0.396. The largest absolute Gasteiger partial charge is 0.352 e. The van der Waals surface area contributed by atoms with Gasteiger partial charge in [0, 0.05) is 6.04 Å².